The summed E-state index contributed by atoms with van der Waals surface area (Å²) < 4.78 is 6.18. The zero-order chi connectivity index (χ0) is 16.2. The van der Waals surface area contributed by atoms with Crippen molar-refractivity contribution in [3.63, 3.8) is 0 Å². The Labute approximate surface area is 144 Å². The number of ether oxygens (including phenoxy) is 1. The van der Waals surface area contributed by atoms with Crippen LogP contribution in [-0.2, 0) is 6.42 Å². The van der Waals surface area contributed by atoms with E-state index in [1.165, 1.54) is 5.56 Å². The van der Waals surface area contributed by atoms with Crippen molar-refractivity contribution in [2.24, 2.45) is 0 Å². The van der Waals surface area contributed by atoms with E-state index in [2.05, 4.69) is 43.0 Å². The van der Waals surface area contributed by atoms with Crippen molar-refractivity contribution in [3.8, 4) is 5.75 Å². The summed E-state index contributed by atoms with van der Waals surface area (Å²) in [4.78, 5) is 2.44. The van der Waals surface area contributed by atoms with Gasteiger partial charge in [0.1, 0.15) is 11.9 Å². The SMILES string of the molecule is CC(C)N1C[C@@H](Oc2ccccc2)[C@H]1[C@@H](Cl)Cc1ccccc1. The molecule has 1 fully saturated rings. The van der Waals surface area contributed by atoms with Gasteiger partial charge in [0.2, 0.25) is 0 Å². The summed E-state index contributed by atoms with van der Waals surface area (Å²) in [6, 6.07) is 21.2. The topological polar surface area (TPSA) is 12.5 Å². The minimum Gasteiger partial charge on any atom is -0.487 e. The Morgan fingerprint density at radius 1 is 1.04 bits per heavy atom. The van der Waals surface area contributed by atoms with Crippen LogP contribution in [0.15, 0.2) is 60.7 Å². The second-order valence-electron chi connectivity index (χ2n) is 6.46. The van der Waals surface area contributed by atoms with Crippen LogP contribution in [0.5, 0.6) is 5.75 Å². The molecular weight excluding hydrogens is 306 g/mol. The van der Waals surface area contributed by atoms with Crippen molar-refractivity contribution in [1.29, 1.82) is 0 Å². The van der Waals surface area contributed by atoms with E-state index in [-0.39, 0.29) is 17.5 Å². The van der Waals surface area contributed by atoms with E-state index in [0.29, 0.717) is 6.04 Å². The van der Waals surface area contributed by atoms with Crippen molar-refractivity contribution in [2.45, 2.75) is 43.8 Å². The lowest BCUT2D eigenvalue weighted by molar-refractivity contribution is -0.0647. The zero-order valence-corrected chi connectivity index (χ0v) is 14.5. The highest BCUT2D eigenvalue weighted by Gasteiger charge is 2.45. The fraction of sp³-hybridized carbons (Fsp3) is 0.400. The predicted molar refractivity (Wildman–Crippen MR) is 96.3 cm³/mol. The van der Waals surface area contributed by atoms with Crippen LogP contribution in [-0.4, -0.2) is 35.0 Å². The average Bonchev–Trinajstić information content (AvgIpc) is 2.52. The van der Waals surface area contributed by atoms with E-state index in [0.717, 1.165) is 18.7 Å². The van der Waals surface area contributed by atoms with Gasteiger partial charge < -0.3 is 4.74 Å². The van der Waals surface area contributed by atoms with E-state index in [4.69, 9.17) is 16.3 Å². The van der Waals surface area contributed by atoms with Crippen LogP contribution < -0.4 is 4.74 Å². The molecule has 1 aliphatic rings. The second kappa shape index (κ2) is 7.37. The van der Waals surface area contributed by atoms with Crippen molar-refractivity contribution < 1.29 is 4.74 Å². The number of hydrogen-bond donors (Lipinski definition) is 0. The van der Waals surface area contributed by atoms with Crippen LogP contribution in [0.3, 0.4) is 0 Å². The summed E-state index contributed by atoms with van der Waals surface area (Å²) >= 11 is 6.80. The van der Waals surface area contributed by atoms with Gasteiger partial charge in [-0.25, -0.2) is 0 Å². The van der Waals surface area contributed by atoms with Gasteiger partial charge in [-0.05, 0) is 38.0 Å². The number of hydrogen-bond acceptors (Lipinski definition) is 2. The van der Waals surface area contributed by atoms with Crippen molar-refractivity contribution in [1.82, 2.24) is 4.90 Å². The van der Waals surface area contributed by atoms with E-state index in [9.17, 15) is 0 Å². The number of nitrogens with zero attached hydrogens (tertiary/aromatic N) is 1. The molecule has 23 heavy (non-hydrogen) atoms. The second-order valence-corrected chi connectivity index (χ2v) is 7.02. The lowest BCUT2D eigenvalue weighted by Gasteiger charge is -2.51. The zero-order valence-electron chi connectivity index (χ0n) is 13.7. The molecule has 0 radical (unpaired) electrons. The monoisotopic (exact) mass is 329 g/mol. The molecule has 0 unspecified atom stereocenters. The van der Waals surface area contributed by atoms with E-state index >= 15 is 0 Å². The lowest BCUT2D eigenvalue weighted by Crippen LogP contribution is -2.68. The summed E-state index contributed by atoms with van der Waals surface area (Å²) in [5.41, 5.74) is 1.28. The smallest absolute Gasteiger partial charge is 0.128 e. The third-order valence-corrected chi connectivity index (χ3v) is 4.91. The molecule has 0 saturated carbocycles. The number of benzene rings is 2. The highest BCUT2D eigenvalue weighted by molar-refractivity contribution is 6.21. The van der Waals surface area contributed by atoms with Gasteiger partial charge in [-0.2, -0.15) is 0 Å². The number of para-hydroxylation sites is 1. The van der Waals surface area contributed by atoms with Crippen LogP contribution in [0.4, 0.5) is 0 Å². The first kappa shape index (κ1) is 16.4. The third-order valence-electron chi connectivity index (χ3n) is 4.49. The molecule has 0 aliphatic carbocycles. The molecule has 0 aromatic heterocycles. The fourth-order valence-corrected chi connectivity index (χ4v) is 3.73. The Morgan fingerprint density at radius 3 is 2.26 bits per heavy atom. The van der Waals surface area contributed by atoms with Gasteiger partial charge in [0.05, 0.1) is 11.4 Å². The molecular formula is C20H24ClNO. The van der Waals surface area contributed by atoms with Gasteiger partial charge in [-0.15, -0.1) is 11.6 Å². The van der Waals surface area contributed by atoms with Crippen LogP contribution in [0.25, 0.3) is 0 Å². The maximum atomic E-state index is 6.80. The van der Waals surface area contributed by atoms with Crippen LogP contribution in [0.1, 0.15) is 19.4 Å². The summed E-state index contributed by atoms with van der Waals surface area (Å²) in [6.07, 6.45) is 1.02. The quantitative estimate of drug-likeness (QED) is 0.729. The number of halogens is 1. The molecule has 2 nitrogen and oxygen atoms in total. The van der Waals surface area contributed by atoms with Gasteiger partial charge in [0.25, 0.3) is 0 Å². The molecule has 0 bridgehead atoms. The molecule has 1 aliphatic heterocycles. The molecule has 0 spiro atoms. The minimum atomic E-state index is 0.0438. The highest BCUT2D eigenvalue weighted by atomic mass is 35.5. The molecule has 0 amide bonds. The normalized spacial score (nSPS) is 22.6. The number of rotatable bonds is 6. The summed E-state index contributed by atoms with van der Waals surface area (Å²) in [7, 11) is 0. The van der Waals surface area contributed by atoms with Gasteiger partial charge in [-0.3, -0.25) is 4.90 Å². The Balaban J connectivity index is 1.69. The number of alkyl halides is 1. The van der Waals surface area contributed by atoms with Crippen molar-refractivity contribution in [3.05, 3.63) is 66.2 Å². The molecule has 2 aromatic rings. The Bertz CT molecular complexity index is 558. The van der Waals surface area contributed by atoms with Crippen LogP contribution in [0.2, 0.25) is 0 Å². The van der Waals surface area contributed by atoms with E-state index in [1.807, 2.05) is 36.4 Å². The van der Waals surface area contributed by atoms with Crippen LogP contribution in [0, 0.1) is 0 Å². The lowest BCUT2D eigenvalue weighted by atomic mass is 9.90. The van der Waals surface area contributed by atoms with Gasteiger partial charge in [-0.1, -0.05) is 48.5 Å². The molecule has 0 N–H and O–H groups in total. The third kappa shape index (κ3) is 3.88. The molecule has 2 aromatic carbocycles. The molecule has 1 saturated heterocycles. The van der Waals surface area contributed by atoms with Gasteiger partial charge in [0.15, 0.2) is 0 Å². The van der Waals surface area contributed by atoms with Gasteiger partial charge >= 0.3 is 0 Å². The largest absolute Gasteiger partial charge is 0.487 e. The Hall–Kier alpha value is -1.51. The summed E-state index contributed by atoms with van der Waals surface area (Å²) in [5, 5.41) is 0.0438. The molecule has 3 heteroatoms. The van der Waals surface area contributed by atoms with Crippen LogP contribution >= 0.6 is 11.6 Å². The Morgan fingerprint density at radius 2 is 1.65 bits per heavy atom. The Kier molecular flexibility index (Phi) is 5.24. The molecule has 3 atom stereocenters. The van der Waals surface area contributed by atoms with Gasteiger partial charge in [0, 0.05) is 12.6 Å². The standard InChI is InChI=1S/C20H24ClNO/c1-15(2)22-14-19(23-17-11-7-4-8-12-17)20(22)18(21)13-16-9-5-3-6-10-16/h3-12,15,18-20H,13-14H2,1-2H3/t18-,19+,20+/m0/s1. The first-order chi connectivity index (χ1) is 11.1. The molecule has 3 rings (SSSR count). The first-order valence-electron chi connectivity index (χ1n) is 8.30. The summed E-state index contributed by atoms with van der Waals surface area (Å²) in [6.45, 7) is 5.38. The van der Waals surface area contributed by atoms with Crippen molar-refractivity contribution in [2.75, 3.05) is 6.54 Å². The number of likely N-dealkylation sites (tertiary alicyclic amines) is 1. The molecule has 1 heterocycles. The molecule has 122 valence electrons. The van der Waals surface area contributed by atoms with E-state index in [1.54, 1.807) is 0 Å². The maximum absolute atomic E-state index is 6.80. The minimum absolute atomic E-state index is 0.0438. The average molecular weight is 330 g/mol. The summed E-state index contributed by atoms with van der Waals surface area (Å²) in [5.74, 6) is 0.925. The highest BCUT2D eigenvalue weighted by Crippen LogP contribution is 2.32. The maximum Gasteiger partial charge on any atom is 0.128 e. The first-order valence-corrected chi connectivity index (χ1v) is 8.74. The predicted octanol–water partition coefficient (Wildman–Crippen LogP) is 4.38. The fourth-order valence-electron chi connectivity index (χ4n) is 3.25. The van der Waals surface area contributed by atoms with E-state index < -0.39 is 0 Å². The van der Waals surface area contributed by atoms with Crippen molar-refractivity contribution >= 4 is 11.6 Å².